The Bertz CT molecular complexity index is 814. The highest BCUT2D eigenvalue weighted by molar-refractivity contribution is 6.39. The summed E-state index contributed by atoms with van der Waals surface area (Å²) in [5, 5.41) is 25.7. The highest BCUT2D eigenvalue weighted by atomic mass is 16.6. The average Bonchev–Trinajstić information content (AvgIpc) is 3.06. The van der Waals surface area contributed by atoms with Crippen LogP contribution in [0, 0.1) is 17.0 Å². The van der Waals surface area contributed by atoms with Crippen LogP contribution in [-0.2, 0) is 16.0 Å². The van der Waals surface area contributed by atoms with Crippen molar-refractivity contribution >= 4 is 23.2 Å². The van der Waals surface area contributed by atoms with E-state index < -0.39 is 22.3 Å². The number of nitrogens with zero attached hydrogens (tertiary/aromatic N) is 1. The van der Waals surface area contributed by atoms with Crippen LogP contribution < -0.4 is 10.6 Å². The maximum atomic E-state index is 12.0. The Labute approximate surface area is 149 Å². The van der Waals surface area contributed by atoms with Crippen LogP contribution in [-0.4, -0.2) is 34.0 Å². The Hall–Kier alpha value is -3.20. The Kier molecular flexibility index (Phi) is 5.73. The minimum absolute atomic E-state index is 0.159. The second-order valence-corrected chi connectivity index (χ2v) is 6.15. The monoisotopic (exact) mass is 361 g/mol. The lowest BCUT2D eigenvalue weighted by atomic mass is 10.0. The fourth-order valence-electron chi connectivity index (χ4n) is 2.24. The van der Waals surface area contributed by atoms with Gasteiger partial charge in [-0.15, -0.1) is 0 Å². The summed E-state index contributed by atoms with van der Waals surface area (Å²) in [6.45, 7) is 2.97. The number of furan rings is 1. The molecule has 3 N–H and O–H groups in total. The maximum absolute atomic E-state index is 12.0. The van der Waals surface area contributed by atoms with Gasteiger partial charge >= 0.3 is 11.8 Å². The third-order valence-corrected chi connectivity index (χ3v) is 3.65. The Morgan fingerprint density at radius 3 is 2.65 bits per heavy atom. The average molecular weight is 361 g/mol. The molecule has 9 nitrogen and oxygen atoms in total. The Balaban J connectivity index is 1.94. The molecule has 1 aromatic heterocycles. The van der Waals surface area contributed by atoms with Crippen LogP contribution in [0.25, 0.3) is 0 Å². The van der Waals surface area contributed by atoms with Crippen molar-refractivity contribution < 1.29 is 24.0 Å². The first-order valence-corrected chi connectivity index (χ1v) is 7.77. The second kappa shape index (κ2) is 7.79. The zero-order valence-corrected chi connectivity index (χ0v) is 14.3. The van der Waals surface area contributed by atoms with E-state index in [4.69, 9.17) is 4.42 Å². The van der Waals surface area contributed by atoms with Crippen LogP contribution in [0.4, 0.5) is 11.4 Å². The lowest BCUT2D eigenvalue weighted by molar-refractivity contribution is -0.384. The summed E-state index contributed by atoms with van der Waals surface area (Å²) < 4.78 is 5.14. The van der Waals surface area contributed by atoms with Crippen LogP contribution in [0.3, 0.4) is 0 Å². The molecular formula is C17H19N3O6. The van der Waals surface area contributed by atoms with E-state index in [1.165, 1.54) is 31.4 Å². The fraction of sp³-hybridized carbons (Fsp3) is 0.294. The van der Waals surface area contributed by atoms with E-state index in [0.717, 1.165) is 0 Å². The Morgan fingerprint density at radius 1 is 1.31 bits per heavy atom. The molecule has 138 valence electrons. The highest BCUT2D eigenvalue weighted by Crippen LogP contribution is 2.21. The predicted octanol–water partition coefficient (Wildman–Crippen LogP) is 1.54. The number of non-ortho nitro benzene ring substituents is 1. The molecule has 2 amide bonds. The number of benzene rings is 1. The lowest BCUT2D eigenvalue weighted by Crippen LogP contribution is -2.45. The molecule has 0 saturated carbocycles. The van der Waals surface area contributed by atoms with Gasteiger partial charge in [0, 0.05) is 25.1 Å². The van der Waals surface area contributed by atoms with Crippen LogP contribution in [0.15, 0.2) is 41.0 Å². The number of amides is 2. The molecule has 2 rings (SSSR count). The summed E-state index contributed by atoms with van der Waals surface area (Å²) in [5.41, 5.74) is -0.772. The summed E-state index contributed by atoms with van der Waals surface area (Å²) in [7, 11) is 0. The molecule has 1 aromatic carbocycles. The molecule has 0 aliphatic rings. The molecular weight excluding hydrogens is 342 g/mol. The van der Waals surface area contributed by atoms with Crippen LogP contribution in [0.2, 0.25) is 0 Å². The van der Waals surface area contributed by atoms with Gasteiger partial charge in [-0.3, -0.25) is 19.7 Å². The van der Waals surface area contributed by atoms with E-state index in [-0.39, 0.29) is 24.3 Å². The molecule has 0 fully saturated rings. The highest BCUT2D eigenvalue weighted by Gasteiger charge is 2.25. The largest absolute Gasteiger partial charge is 0.469 e. The molecule has 2 aromatic rings. The number of hydrogen-bond acceptors (Lipinski definition) is 6. The normalized spacial score (nSPS) is 12.9. The van der Waals surface area contributed by atoms with Gasteiger partial charge in [-0.2, -0.15) is 0 Å². The van der Waals surface area contributed by atoms with E-state index in [0.29, 0.717) is 11.3 Å². The number of hydrogen-bond donors (Lipinski definition) is 3. The van der Waals surface area contributed by atoms with E-state index in [1.807, 2.05) is 0 Å². The summed E-state index contributed by atoms with van der Waals surface area (Å²) in [4.78, 5) is 34.1. The van der Waals surface area contributed by atoms with Gasteiger partial charge in [-0.05, 0) is 31.5 Å². The van der Waals surface area contributed by atoms with Crippen molar-refractivity contribution in [2.24, 2.45) is 0 Å². The van der Waals surface area contributed by atoms with Crippen molar-refractivity contribution in [3.05, 3.63) is 58.0 Å². The first-order chi connectivity index (χ1) is 12.2. The minimum Gasteiger partial charge on any atom is -0.469 e. The van der Waals surface area contributed by atoms with Gasteiger partial charge < -0.3 is 20.2 Å². The van der Waals surface area contributed by atoms with Gasteiger partial charge in [0.15, 0.2) is 0 Å². The summed E-state index contributed by atoms with van der Waals surface area (Å²) in [5.74, 6) is -1.40. The van der Waals surface area contributed by atoms with Gasteiger partial charge in [0.05, 0.1) is 22.5 Å². The number of nitro benzene ring substituents is 1. The number of nitrogens with one attached hydrogen (secondary N) is 2. The molecule has 9 heteroatoms. The van der Waals surface area contributed by atoms with Crippen LogP contribution in [0.1, 0.15) is 18.2 Å². The number of carbonyl (C=O) groups excluding carboxylic acids is 2. The maximum Gasteiger partial charge on any atom is 0.313 e. The van der Waals surface area contributed by atoms with Gasteiger partial charge in [0.2, 0.25) is 0 Å². The molecule has 0 spiro atoms. The van der Waals surface area contributed by atoms with Gasteiger partial charge in [0.25, 0.3) is 5.69 Å². The number of aryl methyl sites for hydroxylation is 1. The van der Waals surface area contributed by atoms with E-state index in [9.17, 15) is 24.8 Å². The molecule has 0 saturated heterocycles. The molecule has 0 aliphatic heterocycles. The topological polar surface area (TPSA) is 135 Å². The number of aliphatic hydroxyl groups is 1. The lowest BCUT2D eigenvalue weighted by Gasteiger charge is -2.22. The first kappa shape index (κ1) is 19.1. The fourth-order valence-corrected chi connectivity index (χ4v) is 2.24. The van der Waals surface area contributed by atoms with Gasteiger partial charge in [-0.1, -0.05) is 6.07 Å². The molecule has 26 heavy (non-hydrogen) atoms. The van der Waals surface area contributed by atoms with Crippen molar-refractivity contribution in [1.29, 1.82) is 0 Å². The first-order valence-electron chi connectivity index (χ1n) is 7.77. The second-order valence-electron chi connectivity index (χ2n) is 6.15. The van der Waals surface area contributed by atoms with Crippen molar-refractivity contribution in [3.63, 3.8) is 0 Å². The minimum atomic E-state index is -1.31. The molecule has 1 atom stereocenters. The predicted molar refractivity (Wildman–Crippen MR) is 92.5 cm³/mol. The number of rotatable bonds is 6. The summed E-state index contributed by atoms with van der Waals surface area (Å²) in [6, 6.07) is 7.32. The molecule has 0 radical (unpaired) electrons. The third-order valence-electron chi connectivity index (χ3n) is 3.65. The summed E-state index contributed by atoms with van der Waals surface area (Å²) >= 11 is 0. The van der Waals surface area contributed by atoms with Crippen LogP contribution in [0.5, 0.6) is 0 Å². The van der Waals surface area contributed by atoms with E-state index in [2.05, 4.69) is 10.6 Å². The SMILES string of the molecule is Cc1ccc([N+](=O)[O-])cc1NC(=O)C(=O)NCC(C)(O)Cc1ccco1. The Morgan fingerprint density at radius 2 is 2.04 bits per heavy atom. The molecule has 0 bridgehead atoms. The molecule has 1 heterocycles. The van der Waals surface area contributed by atoms with E-state index in [1.54, 1.807) is 19.1 Å². The number of anilines is 1. The third kappa shape index (κ3) is 5.15. The standard InChI is InChI=1S/C17H19N3O6/c1-11-5-6-12(20(24)25)8-14(11)19-16(22)15(21)18-10-17(2,23)9-13-4-3-7-26-13/h3-8,23H,9-10H2,1-2H3,(H,18,21)(H,19,22). The zero-order chi connectivity index (χ0) is 19.3. The van der Waals surface area contributed by atoms with Gasteiger partial charge in [-0.25, -0.2) is 0 Å². The smallest absolute Gasteiger partial charge is 0.313 e. The zero-order valence-electron chi connectivity index (χ0n) is 14.3. The number of nitro groups is 1. The van der Waals surface area contributed by atoms with Gasteiger partial charge in [0.1, 0.15) is 5.76 Å². The van der Waals surface area contributed by atoms with Crippen molar-refractivity contribution in [3.8, 4) is 0 Å². The quantitative estimate of drug-likeness (QED) is 0.406. The van der Waals surface area contributed by atoms with Crippen molar-refractivity contribution in [2.75, 3.05) is 11.9 Å². The molecule has 0 aliphatic carbocycles. The summed E-state index contributed by atoms with van der Waals surface area (Å²) in [6.07, 6.45) is 1.63. The van der Waals surface area contributed by atoms with Crippen LogP contribution >= 0.6 is 0 Å². The molecule has 1 unspecified atom stereocenters. The van der Waals surface area contributed by atoms with Crippen molar-refractivity contribution in [1.82, 2.24) is 5.32 Å². The van der Waals surface area contributed by atoms with Crippen molar-refractivity contribution in [2.45, 2.75) is 25.9 Å². The number of carbonyl (C=O) groups is 2. The van der Waals surface area contributed by atoms with E-state index >= 15 is 0 Å².